The van der Waals surface area contributed by atoms with Crippen LogP contribution in [0.2, 0.25) is 0 Å². The van der Waals surface area contributed by atoms with Crippen LogP contribution in [-0.4, -0.2) is 37.2 Å². The molecule has 1 aromatic rings. The van der Waals surface area contributed by atoms with E-state index in [0.717, 1.165) is 11.5 Å². The molecule has 1 unspecified atom stereocenters. The maximum absolute atomic E-state index is 12.3. The summed E-state index contributed by atoms with van der Waals surface area (Å²) in [7, 11) is -0.577. The standard InChI is InChI=1S/C12H22N4O2S2/c1-8(9-6-4-5-7-9)14-12-10(11(13)15-19-12)20(17,18)16(2)3/h8-9,14H,4-7H2,1-3H3,(H2,13,15). The maximum Gasteiger partial charge on any atom is 0.249 e. The number of sulfonamides is 1. The Morgan fingerprint density at radius 3 is 2.55 bits per heavy atom. The lowest BCUT2D eigenvalue weighted by atomic mass is 10.0. The van der Waals surface area contributed by atoms with Crippen molar-refractivity contribution in [3.63, 3.8) is 0 Å². The van der Waals surface area contributed by atoms with Gasteiger partial charge in [0, 0.05) is 20.1 Å². The lowest BCUT2D eigenvalue weighted by Gasteiger charge is -2.21. The topological polar surface area (TPSA) is 88.3 Å². The average molecular weight is 318 g/mol. The molecule has 1 heterocycles. The van der Waals surface area contributed by atoms with Gasteiger partial charge in [-0.1, -0.05) is 12.8 Å². The molecular formula is C12H22N4O2S2. The molecule has 2 rings (SSSR count). The second-order valence-corrected chi connectivity index (χ2v) is 8.35. The van der Waals surface area contributed by atoms with Crippen molar-refractivity contribution in [1.29, 1.82) is 0 Å². The highest BCUT2D eigenvalue weighted by Gasteiger charge is 2.30. The van der Waals surface area contributed by atoms with Crippen molar-refractivity contribution in [2.45, 2.75) is 43.5 Å². The summed E-state index contributed by atoms with van der Waals surface area (Å²) in [6.07, 6.45) is 4.89. The Labute approximate surface area is 124 Å². The monoisotopic (exact) mass is 318 g/mol. The Balaban J connectivity index is 2.25. The Morgan fingerprint density at radius 1 is 1.40 bits per heavy atom. The van der Waals surface area contributed by atoms with Crippen LogP contribution in [0.1, 0.15) is 32.6 Å². The normalized spacial score (nSPS) is 18.6. The van der Waals surface area contributed by atoms with Crippen molar-refractivity contribution in [2.75, 3.05) is 25.1 Å². The zero-order valence-corrected chi connectivity index (χ0v) is 13.7. The fourth-order valence-corrected chi connectivity index (χ4v) is 4.76. The minimum absolute atomic E-state index is 0.0739. The van der Waals surface area contributed by atoms with Crippen LogP contribution in [0.3, 0.4) is 0 Å². The van der Waals surface area contributed by atoms with Crippen molar-refractivity contribution in [3.8, 4) is 0 Å². The van der Waals surface area contributed by atoms with E-state index in [0.29, 0.717) is 10.9 Å². The molecule has 6 nitrogen and oxygen atoms in total. The molecule has 1 aliphatic rings. The molecule has 1 aromatic heterocycles. The number of anilines is 2. The first-order chi connectivity index (χ1) is 9.34. The van der Waals surface area contributed by atoms with Gasteiger partial charge < -0.3 is 11.1 Å². The van der Waals surface area contributed by atoms with Crippen molar-refractivity contribution >= 4 is 32.4 Å². The van der Waals surface area contributed by atoms with Crippen molar-refractivity contribution in [3.05, 3.63) is 0 Å². The highest BCUT2D eigenvalue weighted by Crippen LogP contribution is 2.36. The number of hydrogen-bond acceptors (Lipinski definition) is 6. The fraction of sp³-hybridized carbons (Fsp3) is 0.750. The van der Waals surface area contributed by atoms with Crippen LogP contribution in [0.15, 0.2) is 4.90 Å². The van der Waals surface area contributed by atoms with Gasteiger partial charge in [-0.15, -0.1) is 0 Å². The van der Waals surface area contributed by atoms with Gasteiger partial charge in [-0.3, -0.25) is 0 Å². The van der Waals surface area contributed by atoms with E-state index in [9.17, 15) is 8.42 Å². The minimum Gasteiger partial charge on any atom is -0.382 e. The van der Waals surface area contributed by atoms with Crippen LogP contribution in [0.4, 0.5) is 10.8 Å². The van der Waals surface area contributed by atoms with E-state index in [4.69, 9.17) is 5.73 Å². The first-order valence-corrected chi connectivity index (χ1v) is 8.99. The summed E-state index contributed by atoms with van der Waals surface area (Å²) in [5.74, 6) is 0.665. The number of nitrogens with two attached hydrogens (primary N) is 1. The molecule has 0 radical (unpaired) electrons. The fourth-order valence-electron chi connectivity index (χ4n) is 2.60. The van der Waals surface area contributed by atoms with E-state index in [-0.39, 0.29) is 16.8 Å². The number of nitrogen functional groups attached to an aromatic ring is 1. The summed E-state index contributed by atoms with van der Waals surface area (Å²) >= 11 is 1.12. The van der Waals surface area contributed by atoms with Crippen LogP contribution >= 0.6 is 11.5 Å². The Kier molecular flexibility index (Phi) is 4.55. The molecule has 0 bridgehead atoms. The third-order valence-electron chi connectivity index (χ3n) is 3.88. The Hall–Kier alpha value is -0.860. The van der Waals surface area contributed by atoms with Gasteiger partial charge in [-0.25, -0.2) is 12.7 Å². The van der Waals surface area contributed by atoms with Gasteiger partial charge in [0.15, 0.2) is 10.7 Å². The minimum atomic E-state index is -3.57. The first-order valence-electron chi connectivity index (χ1n) is 6.78. The molecule has 0 amide bonds. The van der Waals surface area contributed by atoms with Crippen LogP contribution in [0.5, 0.6) is 0 Å². The number of rotatable bonds is 5. The first kappa shape index (κ1) is 15.5. The lowest BCUT2D eigenvalue weighted by molar-refractivity contribution is 0.481. The van der Waals surface area contributed by atoms with Crippen molar-refractivity contribution in [2.24, 2.45) is 5.92 Å². The van der Waals surface area contributed by atoms with E-state index in [1.807, 2.05) is 0 Å². The predicted octanol–water partition coefficient (Wildman–Crippen LogP) is 1.97. The molecule has 1 saturated carbocycles. The number of hydrogen-bond donors (Lipinski definition) is 2. The maximum atomic E-state index is 12.3. The van der Waals surface area contributed by atoms with Crippen molar-refractivity contribution < 1.29 is 8.42 Å². The molecule has 0 saturated heterocycles. The van der Waals surface area contributed by atoms with Crippen LogP contribution in [-0.2, 0) is 10.0 Å². The molecule has 0 aromatic carbocycles. The molecule has 8 heteroatoms. The van der Waals surface area contributed by atoms with E-state index in [2.05, 4.69) is 16.6 Å². The summed E-state index contributed by atoms with van der Waals surface area (Å²) < 4.78 is 29.8. The van der Waals surface area contributed by atoms with E-state index in [1.165, 1.54) is 44.1 Å². The van der Waals surface area contributed by atoms with Crippen LogP contribution in [0.25, 0.3) is 0 Å². The molecule has 1 atom stereocenters. The van der Waals surface area contributed by atoms with Crippen LogP contribution < -0.4 is 11.1 Å². The second-order valence-electron chi connectivity index (χ2n) is 5.49. The predicted molar refractivity (Wildman–Crippen MR) is 82.4 cm³/mol. The third-order valence-corrected chi connectivity index (χ3v) is 6.69. The summed E-state index contributed by atoms with van der Waals surface area (Å²) in [6, 6.07) is 0.230. The molecule has 1 aliphatic carbocycles. The van der Waals surface area contributed by atoms with Crippen molar-refractivity contribution in [1.82, 2.24) is 8.68 Å². The molecule has 0 spiro atoms. The van der Waals surface area contributed by atoms with Gasteiger partial charge in [-0.2, -0.15) is 4.37 Å². The third kappa shape index (κ3) is 2.91. The zero-order chi connectivity index (χ0) is 14.9. The molecule has 1 fully saturated rings. The SMILES string of the molecule is CC(Nc1snc(N)c1S(=O)(=O)N(C)C)C1CCCC1. The van der Waals surface area contributed by atoms with Gasteiger partial charge in [0.25, 0.3) is 0 Å². The average Bonchev–Trinajstić information content (AvgIpc) is 2.98. The number of nitrogens with zero attached hydrogens (tertiary/aromatic N) is 2. The summed E-state index contributed by atoms with van der Waals surface area (Å²) in [5.41, 5.74) is 5.75. The molecule has 3 N–H and O–H groups in total. The summed E-state index contributed by atoms with van der Waals surface area (Å²) in [5, 5.41) is 3.86. The number of nitrogens with one attached hydrogen (secondary N) is 1. The summed E-state index contributed by atoms with van der Waals surface area (Å²) in [6.45, 7) is 2.10. The van der Waals surface area contributed by atoms with Gasteiger partial charge >= 0.3 is 0 Å². The Morgan fingerprint density at radius 2 is 2.00 bits per heavy atom. The molecular weight excluding hydrogens is 296 g/mol. The molecule has 114 valence electrons. The van der Waals surface area contributed by atoms with E-state index >= 15 is 0 Å². The molecule has 0 aliphatic heterocycles. The second kappa shape index (κ2) is 5.87. The van der Waals surface area contributed by atoms with Gasteiger partial charge in [0.1, 0.15) is 5.00 Å². The lowest BCUT2D eigenvalue weighted by Crippen LogP contribution is -2.27. The highest BCUT2D eigenvalue weighted by atomic mass is 32.2. The van der Waals surface area contributed by atoms with Gasteiger partial charge in [-0.05, 0) is 37.2 Å². The van der Waals surface area contributed by atoms with E-state index < -0.39 is 10.0 Å². The van der Waals surface area contributed by atoms with Crippen LogP contribution in [0, 0.1) is 5.92 Å². The zero-order valence-electron chi connectivity index (χ0n) is 12.1. The smallest absolute Gasteiger partial charge is 0.249 e. The quantitative estimate of drug-likeness (QED) is 0.866. The summed E-state index contributed by atoms with van der Waals surface area (Å²) in [4.78, 5) is 0.109. The largest absolute Gasteiger partial charge is 0.382 e. The Bertz CT molecular complexity index is 562. The van der Waals surface area contributed by atoms with Gasteiger partial charge in [0.05, 0.1) is 0 Å². The van der Waals surface area contributed by atoms with Gasteiger partial charge in [0.2, 0.25) is 10.0 Å². The molecule has 20 heavy (non-hydrogen) atoms. The van der Waals surface area contributed by atoms with E-state index in [1.54, 1.807) is 0 Å². The highest BCUT2D eigenvalue weighted by molar-refractivity contribution is 7.89. The number of aromatic nitrogens is 1.